The minimum absolute atomic E-state index is 0.105. The number of carbonyl (C=O) groups is 1. The van der Waals surface area contributed by atoms with E-state index in [1.54, 1.807) is 29.5 Å². The maximum absolute atomic E-state index is 12.1. The fourth-order valence-corrected chi connectivity index (χ4v) is 1.59. The van der Waals surface area contributed by atoms with Crippen molar-refractivity contribution in [3.05, 3.63) is 47.8 Å². The third-order valence-electron chi connectivity index (χ3n) is 2.54. The predicted molar refractivity (Wildman–Crippen MR) is 63.7 cm³/mol. The van der Waals surface area contributed by atoms with E-state index in [0.717, 1.165) is 5.56 Å². The lowest BCUT2D eigenvalue weighted by Gasteiger charge is -2.00. The number of ketones is 1. The van der Waals surface area contributed by atoms with E-state index >= 15 is 0 Å². The molecule has 5 nitrogen and oxygen atoms in total. The summed E-state index contributed by atoms with van der Waals surface area (Å²) in [4.78, 5) is 20.2. The molecule has 0 bridgehead atoms. The minimum Gasteiger partial charge on any atom is -0.335 e. The standard InChI is InChI=1S/C12H14N4O/c1-9-2-4-14-6-10(9)12(17)11-7-16(5-3-13)8-15-11/h2,4,6-8H,3,5,13H2,1H3. The van der Waals surface area contributed by atoms with E-state index in [4.69, 9.17) is 5.73 Å². The Balaban J connectivity index is 2.28. The zero-order valence-corrected chi connectivity index (χ0v) is 9.63. The third-order valence-corrected chi connectivity index (χ3v) is 2.54. The molecular weight excluding hydrogens is 216 g/mol. The molecule has 0 aliphatic carbocycles. The minimum atomic E-state index is -0.105. The summed E-state index contributed by atoms with van der Waals surface area (Å²) in [6.07, 6.45) is 6.56. The number of rotatable bonds is 4. The molecule has 0 saturated heterocycles. The first-order valence-corrected chi connectivity index (χ1v) is 5.39. The van der Waals surface area contributed by atoms with Crippen LogP contribution >= 0.6 is 0 Å². The molecule has 2 rings (SSSR count). The summed E-state index contributed by atoms with van der Waals surface area (Å²) in [5, 5.41) is 0. The van der Waals surface area contributed by atoms with Crippen molar-refractivity contribution in [1.82, 2.24) is 14.5 Å². The molecule has 2 heterocycles. The van der Waals surface area contributed by atoms with Crippen molar-refractivity contribution >= 4 is 5.78 Å². The lowest BCUT2D eigenvalue weighted by molar-refractivity contribution is 0.103. The molecule has 88 valence electrons. The monoisotopic (exact) mass is 230 g/mol. The number of carbonyl (C=O) groups excluding carboxylic acids is 1. The van der Waals surface area contributed by atoms with Gasteiger partial charge in [-0.05, 0) is 18.6 Å². The molecule has 0 aromatic carbocycles. The summed E-state index contributed by atoms with van der Waals surface area (Å²) in [6, 6.07) is 1.81. The lowest BCUT2D eigenvalue weighted by atomic mass is 10.1. The molecule has 5 heteroatoms. The summed E-state index contributed by atoms with van der Waals surface area (Å²) in [5.41, 5.74) is 7.35. The molecule has 0 fully saturated rings. The fourth-order valence-electron chi connectivity index (χ4n) is 1.59. The van der Waals surface area contributed by atoms with Gasteiger partial charge in [-0.25, -0.2) is 4.98 Å². The largest absolute Gasteiger partial charge is 0.335 e. The molecule has 2 N–H and O–H groups in total. The maximum Gasteiger partial charge on any atom is 0.214 e. The molecule has 2 aromatic heterocycles. The van der Waals surface area contributed by atoms with Gasteiger partial charge in [0.1, 0.15) is 5.69 Å². The van der Waals surface area contributed by atoms with E-state index in [-0.39, 0.29) is 5.78 Å². The van der Waals surface area contributed by atoms with Crippen molar-refractivity contribution in [2.24, 2.45) is 5.73 Å². The second-order valence-electron chi connectivity index (χ2n) is 3.81. The fraction of sp³-hybridized carbons (Fsp3) is 0.250. The highest BCUT2D eigenvalue weighted by Gasteiger charge is 2.14. The van der Waals surface area contributed by atoms with Crippen molar-refractivity contribution in [1.29, 1.82) is 0 Å². The van der Waals surface area contributed by atoms with Crippen LogP contribution in [0.5, 0.6) is 0 Å². The Bertz CT molecular complexity index is 533. The Kier molecular flexibility index (Phi) is 3.30. The van der Waals surface area contributed by atoms with Crippen LogP contribution in [0.25, 0.3) is 0 Å². The van der Waals surface area contributed by atoms with Crippen LogP contribution in [-0.2, 0) is 6.54 Å². The molecule has 0 saturated carbocycles. The highest BCUT2D eigenvalue weighted by atomic mass is 16.1. The number of aryl methyl sites for hydroxylation is 1. The summed E-state index contributed by atoms with van der Waals surface area (Å²) < 4.78 is 1.80. The van der Waals surface area contributed by atoms with E-state index in [0.29, 0.717) is 24.3 Å². The van der Waals surface area contributed by atoms with Gasteiger partial charge in [0.15, 0.2) is 0 Å². The average Bonchev–Trinajstić information content (AvgIpc) is 2.78. The van der Waals surface area contributed by atoms with Crippen LogP contribution in [0, 0.1) is 6.92 Å². The predicted octanol–water partition coefficient (Wildman–Crippen LogP) is 0.776. The summed E-state index contributed by atoms with van der Waals surface area (Å²) in [7, 11) is 0. The van der Waals surface area contributed by atoms with Crippen molar-refractivity contribution < 1.29 is 4.79 Å². The topological polar surface area (TPSA) is 73.8 Å². The van der Waals surface area contributed by atoms with Crippen LogP contribution in [-0.4, -0.2) is 26.9 Å². The summed E-state index contributed by atoms with van der Waals surface area (Å²) in [6.45, 7) is 3.06. The van der Waals surface area contributed by atoms with Crippen LogP contribution < -0.4 is 5.73 Å². The lowest BCUT2D eigenvalue weighted by Crippen LogP contribution is -2.08. The van der Waals surface area contributed by atoms with Gasteiger partial charge in [-0.15, -0.1) is 0 Å². The Morgan fingerprint density at radius 2 is 2.35 bits per heavy atom. The highest BCUT2D eigenvalue weighted by Crippen LogP contribution is 2.11. The zero-order valence-electron chi connectivity index (χ0n) is 9.63. The molecule has 0 aliphatic heterocycles. The first-order chi connectivity index (χ1) is 8.22. The van der Waals surface area contributed by atoms with E-state index < -0.39 is 0 Å². The molecule has 0 unspecified atom stereocenters. The smallest absolute Gasteiger partial charge is 0.214 e. The second kappa shape index (κ2) is 4.88. The number of hydrogen-bond donors (Lipinski definition) is 1. The SMILES string of the molecule is Cc1ccncc1C(=O)c1cn(CCN)cn1. The van der Waals surface area contributed by atoms with E-state index in [1.165, 1.54) is 0 Å². The Labute approximate surface area is 99.3 Å². The molecule has 0 amide bonds. The molecule has 0 aliphatic rings. The number of hydrogen-bond acceptors (Lipinski definition) is 4. The van der Waals surface area contributed by atoms with Crippen molar-refractivity contribution in [3.8, 4) is 0 Å². The molecule has 2 aromatic rings. The van der Waals surface area contributed by atoms with Gasteiger partial charge in [-0.1, -0.05) is 0 Å². The van der Waals surface area contributed by atoms with Gasteiger partial charge >= 0.3 is 0 Å². The average molecular weight is 230 g/mol. The Hall–Kier alpha value is -2.01. The van der Waals surface area contributed by atoms with Crippen LogP contribution in [0.2, 0.25) is 0 Å². The van der Waals surface area contributed by atoms with Gasteiger partial charge in [0.05, 0.1) is 6.33 Å². The van der Waals surface area contributed by atoms with E-state index in [9.17, 15) is 4.79 Å². The molecule has 0 atom stereocenters. The first-order valence-electron chi connectivity index (χ1n) is 5.39. The Morgan fingerprint density at radius 1 is 1.53 bits per heavy atom. The number of nitrogens with zero attached hydrogens (tertiary/aromatic N) is 3. The molecule has 17 heavy (non-hydrogen) atoms. The first kappa shape index (κ1) is 11.5. The number of pyridine rings is 1. The summed E-state index contributed by atoms with van der Waals surface area (Å²) in [5.74, 6) is -0.105. The number of nitrogens with two attached hydrogens (primary N) is 1. The molecule has 0 spiro atoms. The number of aromatic nitrogens is 3. The van der Waals surface area contributed by atoms with Crippen LogP contribution in [0.1, 0.15) is 21.6 Å². The van der Waals surface area contributed by atoms with Gasteiger partial charge in [0.2, 0.25) is 5.78 Å². The quantitative estimate of drug-likeness (QED) is 0.787. The Morgan fingerprint density at radius 3 is 3.06 bits per heavy atom. The van der Waals surface area contributed by atoms with Gasteiger partial charge in [-0.3, -0.25) is 9.78 Å². The summed E-state index contributed by atoms with van der Waals surface area (Å²) >= 11 is 0. The van der Waals surface area contributed by atoms with Gasteiger partial charge in [0.25, 0.3) is 0 Å². The van der Waals surface area contributed by atoms with Crippen LogP contribution in [0.4, 0.5) is 0 Å². The third kappa shape index (κ3) is 2.39. The van der Waals surface area contributed by atoms with E-state index in [2.05, 4.69) is 9.97 Å². The molecule has 0 radical (unpaired) electrons. The van der Waals surface area contributed by atoms with Gasteiger partial charge in [0, 0.05) is 37.2 Å². The normalized spacial score (nSPS) is 10.5. The van der Waals surface area contributed by atoms with Gasteiger partial charge in [-0.2, -0.15) is 0 Å². The van der Waals surface area contributed by atoms with Crippen LogP contribution in [0.15, 0.2) is 31.0 Å². The van der Waals surface area contributed by atoms with Crippen molar-refractivity contribution in [2.45, 2.75) is 13.5 Å². The zero-order chi connectivity index (χ0) is 12.3. The maximum atomic E-state index is 12.1. The van der Waals surface area contributed by atoms with Gasteiger partial charge < -0.3 is 10.3 Å². The second-order valence-corrected chi connectivity index (χ2v) is 3.81. The molecular formula is C12H14N4O. The van der Waals surface area contributed by atoms with Crippen LogP contribution in [0.3, 0.4) is 0 Å². The van der Waals surface area contributed by atoms with Crippen molar-refractivity contribution in [3.63, 3.8) is 0 Å². The van der Waals surface area contributed by atoms with Crippen molar-refractivity contribution in [2.75, 3.05) is 6.54 Å². The highest BCUT2D eigenvalue weighted by molar-refractivity contribution is 6.08. The van der Waals surface area contributed by atoms with E-state index in [1.807, 2.05) is 13.0 Å². The number of imidazole rings is 1.